The van der Waals surface area contributed by atoms with E-state index in [9.17, 15) is 4.39 Å². The Kier molecular flexibility index (Phi) is 2.77. The molecule has 0 bridgehead atoms. The molecule has 0 radical (unpaired) electrons. The number of halogens is 1. The van der Waals surface area contributed by atoms with Gasteiger partial charge in [0.2, 0.25) is 0 Å². The Balaban J connectivity index is 2.32. The Morgan fingerprint density at radius 3 is 2.84 bits per heavy atom. The lowest BCUT2D eigenvalue weighted by Gasteiger charge is -2.06. The fraction of sp³-hybridized carbons (Fsp3) is 0.308. The molecule has 0 N–H and O–H groups in total. The molecule has 5 nitrogen and oxygen atoms in total. The van der Waals surface area contributed by atoms with E-state index in [1.54, 1.807) is 24.0 Å². The molecule has 0 aliphatic rings. The molecule has 2 aromatic heterocycles. The molecular weight excluding hydrogens is 245 g/mol. The summed E-state index contributed by atoms with van der Waals surface area (Å²) >= 11 is 0. The zero-order valence-electron chi connectivity index (χ0n) is 10.8. The van der Waals surface area contributed by atoms with Crippen LogP contribution >= 0.6 is 0 Å². The monoisotopic (exact) mass is 259 g/mol. The SMILES string of the molecule is CCCn1c(-c2cnnn2C)nc2c(F)cccc21. The highest BCUT2D eigenvalue weighted by Crippen LogP contribution is 2.25. The van der Waals surface area contributed by atoms with Crippen molar-refractivity contribution in [1.29, 1.82) is 0 Å². The number of nitrogens with zero attached hydrogens (tertiary/aromatic N) is 5. The molecule has 0 spiro atoms. The van der Waals surface area contributed by atoms with Crippen molar-refractivity contribution in [2.24, 2.45) is 7.05 Å². The summed E-state index contributed by atoms with van der Waals surface area (Å²) in [5, 5.41) is 7.76. The van der Waals surface area contributed by atoms with E-state index in [0.717, 1.165) is 24.2 Å². The number of benzene rings is 1. The second-order valence-electron chi connectivity index (χ2n) is 4.44. The quantitative estimate of drug-likeness (QED) is 0.725. The normalized spacial score (nSPS) is 11.3. The number of imidazole rings is 1. The van der Waals surface area contributed by atoms with Gasteiger partial charge in [0.05, 0.1) is 11.7 Å². The maximum Gasteiger partial charge on any atom is 0.161 e. The standard InChI is InChI=1S/C13H14FN5/c1-3-7-19-10-6-4-5-9(14)12(10)16-13(19)11-8-15-17-18(11)2/h4-6,8H,3,7H2,1-2H3. The summed E-state index contributed by atoms with van der Waals surface area (Å²) in [6, 6.07) is 5.02. The van der Waals surface area contributed by atoms with Gasteiger partial charge in [0, 0.05) is 13.6 Å². The third-order valence-electron chi connectivity index (χ3n) is 3.12. The molecule has 3 aromatic rings. The first kappa shape index (κ1) is 11.8. The third kappa shape index (κ3) is 1.80. The number of aryl methyl sites for hydroxylation is 2. The fourth-order valence-corrected chi connectivity index (χ4v) is 2.25. The van der Waals surface area contributed by atoms with Gasteiger partial charge in [-0.1, -0.05) is 18.2 Å². The molecule has 0 atom stereocenters. The van der Waals surface area contributed by atoms with E-state index in [1.807, 2.05) is 10.6 Å². The number of hydrogen-bond acceptors (Lipinski definition) is 3. The Morgan fingerprint density at radius 2 is 2.16 bits per heavy atom. The van der Waals surface area contributed by atoms with Crippen molar-refractivity contribution >= 4 is 11.0 Å². The minimum absolute atomic E-state index is 0.302. The van der Waals surface area contributed by atoms with Gasteiger partial charge in [0.25, 0.3) is 0 Å². The highest BCUT2D eigenvalue weighted by Gasteiger charge is 2.17. The summed E-state index contributed by atoms with van der Waals surface area (Å²) < 4.78 is 17.5. The third-order valence-corrected chi connectivity index (χ3v) is 3.12. The fourth-order valence-electron chi connectivity index (χ4n) is 2.25. The van der Waals surface area contributed by atoms with E-state index >= 15 is 0 Å². The second-order valence-corrected chi connectivity index (χ2v) is 4.44. The number of hydrogen-bond donors (Lipinski definition) is 0. The van der Waals surface area contributed by atoms with Crippen LogP contribution in [0.15, 0.2) is 24.4 Å². The molecule has 6 heteroatoms. The molecule has 98 valence electrons. The summed E-state index contributed by atoms with van der Waals surface area (Å²) in [5.41, 5.74) is 1.98. The summed E-state index contributed by atoms with van der Waals surface area (Å²) in [5.74, 6) is 0.401. The number of fused-ring (bicyclic) bond motifs is 1. The van der Waals surface area contributed by atoms with Crippen molar-refractivity contribution in [2.75, 3.05) is 0 Å². The molecule has 19 heavy (non-hydrogen) atoms. The van der Waals surface area contributed by atoms with E-state index in [1.165, 1.54) is 6.07 Å². The van der Waals surface area contributed by atoms with Gasteiger partial charge in [-0.3, -0.25) is 0 Å². The van der Waals surface area contributed by atoms with Crippen LogP contribution in [0.2, 0.25) is 0 Å². The Bertz CT molecular complexity index is 728. The van der Waals surface area contributed by atoms with E-state index in [2.05, 4.69) is 22.2 Å². The molecule has 3 rings (SSSR count). The molecule has 1 aromatic carbocycles. The van der Waals surface area contributed by atoms with Gasteiger partial charge in [-0.25, -0.2) is 14.1 Å². The Labute approximate surface area is 109 Å². The maximum atomic E-state index is 13.8. The maximum absolute atomic E-state index is 13.8. The molecule has 2 heterocycles. The van der Waals surface area contributed by atoms with E-state index < -0.39 is 0 Å². The van der Waals surface area contributed by atoms with Gasteiger partial charge in [-0.15, -0.1) is 5.10 Å². The number of rotatable bonds is 3. The van der Waals surface area contributed by atoms with Crippen LogP contribution in [0.3, 0.4) is 0 Å². The van der Waals surface area contributed by atoms with Gasteiger partial charge in [-0.2, -0.15) is 0 Å². The van der Waals surface area contributed by atoms with Crippen LogP contribution in [0.1, 0.15) is 13.3 Å². The topological polar surface area (TPSA) is 48.5 Å². The largest absolute Gasteiger partial charge is 0.323 e. The first-order valence-corrected chi connectivity index (χ1v) is 6.22. The minimum Gasteiger partial charge on any atom is -0.323 e. The average Bonchev–Trinajstić information content (AvgIpc) is 2.95. The van der Waals surface area contributed by atoms with E-state index in [0.29, 0.717) is 11.3 Å². The van der Waals surface area contributed by atoms with Crippen LogP contribution in [-0.4, -0.2) is 24.5 Å². The summed E-state index contributed by atoms with van der Waals surface area (Å²) in [6.45, 7) is 2.86. The van der Waals surface area contributed by atoms with Crippen LogP contribution in [0.25, 0.3) is 22.6 Å². The van der Waals surface area contributed by atoms with Crippen LogP contribution in [-0.2, 0) is 13.6 Å². The zero-order valence-corrected chi connectivity index (χ0v) is 10.8. The molecule has 0 saturated carbocycles. The predicted molar refractivity (Wildman–Crippen MR) is 70.0 cm³/mol. The van der Waals surface area contributed by atoms with E-state index in [4.69, 9.17) is 0 Å². The van der Waals surface area contributed by atoms with Gasteiger partial charge in [0.1, 0.15) is 11.2 Å². The summed E-state index contributed by atoms with van der Waals surface area (Å²) in [4.78, 5) is 4.42. The first-order valence-electron chi connectivity index (χ1n) is 6.22. The van der Waals surface area contributed by atoms with Gasteiger partial charge in [0.15, 0.2) is 11.6 Å². The lowest BCUT2D eigenvalue weighted by Crippen LogP contribution is -2.03. The first-order chi connectivity index (χ1) is 9.22. The Morgan fingerprint density at radius 1 is 1.32 bits per heavy atom. The number of para-hydroxylation sites is 1. The van der Waals surface area contributed by atoms with Crippen molar-refractivity contribution in [2.45, 2.75) is 19.9 Å². The van der Waals surface area contributed by atoms with Crippen LogP contribution in [0, 0.1) is 5.82 Å². The van der Waals surface area contributed by atoms with Crippen LogP contribution in [0.5, 0.6) is 0 Å². The smallest absolute Gasteiger partial charge is 0.161 e. The van der Waals surface area contributed by atoms with Crippen LogP contribution in [0.4, 0.5) is 4.39 Å². The molecule has 0 fully saturated rings. The average molecular weight is 259 g/mol. The second kappa shape index (κ2) is 4.46. The highest BCUT2D eigenvalue weighted by atomic mass is 19.1. The predicted octanol–water partition coefficient (Wildman–Crippen LogP) is 2.38. The lowest BCUT2D eigenvalue weighted by molar-refractivity contribution is 0.637. The molecule has 0 aliphatic carbocycles. The van der Waals surface area contributed by atoms with Crippen molar-refractivity contribution < 1.29 is 4.39 Å². The van der Waals surface area contributed by atoms with Crippen molar-refractivity contribution in [1.82, 2.24) is 24.5 Å². The number of aromatic nitrogens is 5. The zero-order chi connectivity index (χ0) is 13.4. The molecular formula is C13H14FN5. The molecule has 0 amide bonds. The lowest BCUT2D eigenvalue weighted by atomic mass is 10.3. The molecule has 0 unspecified atom stereocenters. The summed E-state index contributed by atoms with van der Waals surface area (Å²) in [7, 11) is 1.80. The minimum atomic E-state index is -0.302. The Hall–Kier alpha value is -2.24. The van der Waals surface area contributed by atoms with E-state index in [-0.39, 0.29) is 5.82 Å². The van der Waals surface area contributed by atoms with Crippen LogP contribution < -0.4 is 0 Å². The van der Waals surface area contributed by atoms with Crippen molar-refractivity contribution in [3.05, 3.63) is 30.2 Å². The molecule has 0 aliphatic heterocycles. The van der Waals surface area contributed by atoms with Gasteiger partial charge >= 0.3 is 0 Å². The van der Waals surface area contributed by atoms with Gasteiger partial charge < -0.3 is 4.57 Å². The summed E-state index contributed by atoms with van der Waals surface area (Å²) in [6.07, 6.45) is 2.59. The van der Waals surface area contributed by atoms with Crippen molar-refractivity contribution in [3.8, 4) is 11.5 Å². The van der Waals surface area contributed by atoms with Crippen molar-refractivity contribution in [3.63, 3.8) is 0 Å². The molecule has 0 saturated heterocycles. The van der Waals surface area contributed by atoms with Gasteiger partial charge in [-0.05, 0) is 18.6 Å². The highest BCUT2D eigenvalue weighted by molar-refractivity contribution is 5.80.